The summed E-state index contributed by atoms with van der Waals surface area (Å²) in [6.07, 6.45) is 4.19. The second-order valence-electron chi connectivity index (χ2n) is 9.74. The lowest BCUT2D eigenvalue weighted by Gasteiger charge is -2.37. The Hall–Kier alpha value is -3.38. The van der Waals surface area contributed by atoms with Crippen molar-refractivity contribution in [2.75, 3.05) is 11.9 Å². The van der Waals surface area contributed by atoms with Crippen molar-refractivity contribution in [1.82, 2.24) is 5.32 Å². The van der Waals surface area contributed by atoms with Crippen LogP contribution in [0.3, 0.4) is 0 Å². The molecule has 0 fully saturated rings. The van der Waals surface area contributed by atoms with Gasteiger partial charge in [0.2, 0.25) is 0 Å². The van der Waals surface area contributed by atoms with Crippen LogP contribution in [0.15, 0.2) is 58.9 Å². The smallest absolute Gasteiger partial charge is 0.262 e. The Labute approximate surface area is 215 Å². The van der Waals surface area contributed by atoms with Gasteiger partial charge in [-0.05, 0) is 68.9 Å². The molecule has 0 aromatic heterocycles. The number of dihydropyridines is 1. The Morgan fingerprint density at radius 2 is 1.64 bits per heavy atom. The molecule has 0 radical (unpaired) electrons. The first kappa shape index (κ1) is 24.3. The summed E-state index contributed by atoms with van der Waals surface area (Å²) in [5.74, 6) is -0.170. The number of anilines is 1. The van der Waals surface area contributed by atoms with Gasteiger partial charge in [0.05, 0.1) is 5.02 Å². The van der Waals surface area contributed by atoms with E-state index in [1.54, 1.807) is 12.1 Å². The van der Waals surface area contributed by atoms with Crippen LogP contribution in [-0.2, 0) is 14.4 Å². The van der Waals surface area contributed by atoms with Gasteiger partial charge < -0.3 is 15.4 Å². The molecule has 3 aliphatic rings. The molecule has 1 aliphatic heterocycles. The van der Waals surface area contributed by atoms with E-state index >= 15 is 0 Å². The Kier molecular flexibility index (Phi) is 6.71. The van der Waals surface area contributed by atoms with E-state index in [-0.39, 0.29) is 24.1 Å². The molecule has 0 saturated heterocycles. The first-order valence-electron chi connectivity index (χ1n) is 12.4. The third-order valence-electron chi connectivity index (χ3n) is 7.10. The summed E-state index contributed by atoms with van der Waals surface area (Å²) in [7, 11) is 0. The predicted octanol–water partition coefficient (Wildman–Crippen LogP) is 5.68. The zero-order chi connectivity index (χ0) is 25.4. The average molecular weight is 505 g/mol. The highest BCUT2D eigenvalue weighted by Gasteiger charge is 2.40. The van der Waals surface area contributed by atoms with Crippen LogP contribution in [0.4, 0.5) is 5.69 Å². The van der Waals surface area contributed by atoms with Gasteiger partial charge in [-0.15, -0.1) is 0 Å². The fraction of sp³-hybridized carbons (Fsp3) is 0.345. The molecular weight excluding hydrogens is 476 g/mol. The first-order chi connectivity index (χ1) is 17.3. The largest absolute Gasteiger partial charge is 0.482 e. The van der Waals surface area contributed by atoms with Crippen LogP contribution < -0.4 is 15.4 Å². The van der Waals surface area contributed by atoms with Gasteiger partial charge in [0, 0.05) is 47.0 Å². The highest BCUT2D eigenvalue weighted by molar-refractivity contribution is 6.32. The van der Waals surface area contributed by atoms with Crippen molar-refractivity contribution in [1.29, 1.82) is 0 Å². The number of aryl methyl sites for hydroxylation is 2. The molecule has 0 saturated carbocycles. The Bertz CT molecular complexity index is 1300. The number of benzene rings is 2. The number of ketones is 2. The quantitative estimate of drug-likeness (QED) is 0.547. The van der Waals surface area contributed by atoms with Crippen LogP contribution in [0.25, 0.3) is 0 Å². The van der Waals surface area contributed by atoms with E-state index in [9.17, 15) is 14.4 Å². The van der Waals surface area contributed by atoms with Crippen molar-refractivity contribution >= 4 is 34.8 Å². The molecule has 1 heterocycles. The van der Waals surface area contributed by atoms with Gasteiger partial charge in [-0.2, -0.15) is 0 Å². The van der Waals surface area contributed by atoms with Crippen LogP contribution in [0.1, 0.15) is 61.1 Å². The van der Waals surface area contributed by atoms with E-state index in [0.29, 0.717) is 34.8 Å². The van der Waals surface area contributed by atoms with Gasteiger partial charge in [0.1, 0.15) is 5.75 Å². The van der Waals surface area contributed by atoms with Crippen molar-refractivity contribution in [3.8, 4) is 5.75 Å². The number of carbonyl (C=O) groups excluding carboxylic acids is 3. The van der Waals surface area contributed by atoms with E-state index in [4.69, 9.17) is 16.3 Å². The van der Waals surface area contributed by atoms with Crippen molar-refractivity contribution in [3.63, 3.8) is 0 Å². The number of Topliss-reactive ketones (excluding diaryl/α,β-unsaturated/α-hetero) is 2. The minimum absolute atomic E-state index is 0.0817. The van der Waals surface area contributed by atoms with Crippen LogP contribution in [-0.4, -0.2) is 24.1 Å². The lowest BCUT2D eigenvalue weighted by molar-refractivity contribution is -0.118. The van der Waals surface area contributed by atoms with Crippen LogP contribution in [0.2, 0.25) is 5.02 Å². The van der Waals surface area contributed by atoms with E-state index in [0.717, 1.165) is 59.5 Å². The molecule has 36 heavy (non-hydrogen) atoms. The lowest BCUT2D eigenvalue weighted by atomic mass is 9.71. The predicted molar refractivity (Wildman–Crippen MR) is 139 cm³/mol. The maximum Gasteiger partial charge on any atom is 0.262 e. The van der Waals surface area contributed by atoms with Gasteiger partial charge in [0.15, 0.2) is 18.2 Å². The maximum absolute atomic E-state index is 13.0. The second kappa shape index (κ2) is 9.94. The SMILES string of the molecule is Cc1ccc(NC(=O)COc2ccc(C3C4=C(CCCC4=O)NC4=C3C(=O)CCC4)cc2Cl)c(C)c1. The number of hydrogen-bond donors (Lipinski definition) is 2. The van der Waals surface area contributed by atoms with Gasteiger partial charge in [-0.3, -0.25) is 14.4 Å². The summed E-state index contributed by atoms with van der Waals surface area (Å²) in [6.45, 7) is 3.75. The number of amides is 1. The molecular formula is C29H29ClN2O4. The van der Waals surface area contributed by atoms with E-state index in [2.05, 4.69) is 10.6 Å². The summed E-state index contributed by atoms with van der Waals surface area (Å²) in [5, 5.41) is 6.61. The second-order valence-corrected chi connectivity index (χ2v) is 10.1. The number of rotatable bonds is 5. The van der Waals surface area contributed by atoms with Gasteiger partial charge in [-0.25, -0.2) is 0 Å². The Morgan fingerprint density at radius 1 is 0.972 bits per heavy atom. The number of allylic oxidation sites excluding steroid dienone is 4. The number of hydrogen-bond acceptors (Lipinski definition) is 5. The zero-order valence-electron chi connectivity index (χ0n) is 20.5. The maximum atomic E-state index is 13.0. The third kappa shape index (κ3) is 4.70. The van der Waals surface area contributed by atoms with Crippen LogP contribution in [0.5, 0.6) is 5.75 Å². The van der Waals surface area contributed by atoms with Crippen LogP contribution in [0, 0.1) is 13.8 Å². The summed E-state index contributed by atoms with van der Waals surface area (Å²) in [4.78, 5) is 38.4. The Balaban J connectivity index is 1.37. The summed E-state index contributed by atoms with van der Waals surface area (Å²) < 4.78 is 5.72. The molecule has 1 amide bonds. The summed E-state index contributed by atoms with van der Waals surface area (Å²) in [6, 6.07) is 11.1. The molecule has 2 aromatic rings. The molecule has 186 valence electrons. The van der Waals surface area contributed by atoms with Crippen molar-refractivity contribution in [2.24, 2.45) is 0 Å². The molecule has 2 aliphatic carbocycles. The standard InChI is InChI=1S/C29H29ClN2O4/c1-16-9-11-20(17(2)13-16)32-26(35)15-36-25-12-10-18(14-19(25)30)27-28-21(5-3-7-23(28)33)31-22-6-4-8-24(34)29(22)27/h9-14,27,31H,3-8,15H2,1-2H3,(H,32,35). The molecule has 2 aromatic carbocycles. The van der Waals surface area contributed by atoms with E-state index < -0.39 is 5.92 Å². The van der Waals surface area contributed by atoms with Gasteiger partial charge in [0.25, 0.3) is 5.91 Å². The summed E-state index contributed by atoms with van der Waals surface area (Å²) in [5.41, 5.74) is 6.87. The fourth-order valence-corrected chi connectivity index (χ4v) is 5.66. The molecule has 2 N–H and O–H groups in total. The monoisotopic (exact) mass is 504 g/mol. The molecule has 0 atom stereocenters. The molecule has 0 unspecified atom stereocenters. The number of nitrogens with one attached hydrogen (secondary N) is 2. The van der Waals surface area contributed by atoms with Gasteiger partial charge >= 0.3 is 0 Å². The lowest BCUT2D eigenvalue weighted by Crippen LogP contribution is -2.36. The number of carbonyl (C=O) groups is 3. The molecule has 7 heteroatoms. The van der Waals surface area contributed by atoms with Gasteiger partial charge in [-0.1, -0.05) is 35.4 Å². The highest BCUT2D eigenvalue weighted by atomic mass is 35.5. The minimum Gasteiger partial charge on any atom is -0.482 e. The van der Waals surface area contributed by atoms with Crippen LogP contribution >= 0.6 is 11.6 Å². The normalized spacial score (nSPS) is 18.0. The third-order valence-corrected chi connectivity index (χ3v) is 7.39. The molecule has 0 spiro atoms. The highest BCUT2D eigenvalue weighted by Crippen LogP contribution is 2.46. The van der Waals surface area contributed by atoms with Crippen molar-refractivity contribution in [2.45, 2.75) is 58.3 Å². The van der Waals surface area contributed by atoms with E-state index in [1.807, 2.05) is 38.1 Å². The number of ether oxygens (including phenoxy) is 1. The summed E-state index contributed by atoms with van der Waals surface area (Å²) >= 11 is 6.58. The first-order valence-corrected chi connectivity index (χ1v) is 12.8. The van der Waals surface area contributed by atoms with Crippen molar-refractivity contribution < 1.29 is 19.1 Å². The zero-order valence-corrected chi connectivity index (χ0v) is 21.3. The van der Waals surface area contributed by atoms with Crippen molar-refractivity contribution in [3.05, 3.63) is 80.7 Å². The topological polar surface area (TPSA) is 84.5 Å². The minimum atomic E-state index is -0.420. The fourth-order valence-electron chi connectivity index (χ4n) is 5.41. The average Bonchev–Trinajstić information content (AvgIpc) is 2.84. The number of halogens is 1. The molecule has 5 rings (SSSR count). The Morgan fingerprint density at radius 3 is 2.25 bits per heavy atom. The van der Waals surface area contributed by atoms with E-state index in [1.165, 1.54) is 0 Å². The molecule has 6 nitrogen and oxygen atoms in total. The molecule has 0 bridgehead atoms.